The number of carbonyl (C=O) groups excluding carboxylic acids is 3. The predicted molar refractivity (Wildman–Crippen MR) is 56.5 cm³/mol. The highest BCUT2D eigenvalue weighted by atomic mass is 35.5. The van der Waals surface area contributed by atoms with E-state index >= 15 is 0 Å². The van der Waals surface area contributed by atoms with E-state index in [9.17, 15) is 14.4 Å². The molecule has 0 saturated heterocycles. The summed E-state index contributed by atoms with van der Waals surface area (Å²) in [5.41, 5.74) is 1.06. The fourth-order valence-corrected chi connectivity index (χ4v) is 1.33. The fraction of sp³-hybridized carbons (Fsp3) is 0.182. The summed E-state index contributed by atoms with van der Waals surface area (Å²) in [5, 5.41) is -0.774. The van der Waals surface area contributed by atoms with Crippen LogP contribution >= 0.6 is 11.6 Å². The molecule has 0 saturated carbocycles. The first-order valence-electron chi connectivity index (χ1n) is 4.29. The summed E-state index contributed by atoms with van der Waals surface area (Å²) in [5.74, 6) is -0.202. The van der Waals surface area contributed by atoms with Crippen molar-refractivity contribution in [2.45, 2.75) is 12.3 Å². The molecule has 1 unspecified atom stereocenters. The molecule has 1 aromatic rings. The Kier molecular flexibility index (Phi) is 3.74. The Morgan fingerprint density at radius 1 is 1.27 bits per heavy atom. The van der Waals surface area contributed by atoms with Gasteiger partial charge in [0.1, 0.15) is 5.38 Å². The maximum atomic E-state index is 11.0. The molecule has 0 radical (unpaired) electrons. The first-order valence-corrected chi connectivity index (χ1v) is 4.72. The van der Waals surface area contributed by atoms with E-state index in [1.54, 1.807) is 6.07 Å². The molecule has 1 aromatic carbocycles. The van der Waals surface area contributed by atoms with E-state index < -0.39 is 5.38 Å². The highest BCUT2D eigenvalue weighted by Crippen LogP contribution is 2.22. The second-order valence-corrected chi connectivity index (χ2v) is 3.53. The zero-order valence-corrected chi connectivity index (χ0v) is 8.82. The van der Waals surface area contributed by atoms with E-state index in [4.69, 9.17) is 11.6 Å². The van der Waals surface area contributed by atoms with Crippen molar-refractivity contribution in [2.75, 3.05) is 0 Å². The van der Waals surface area contributed by atoms with Gasteiger partial charge >= 0.3 is 0 Å². The maximum Gasteiger partial charge on any atom is 0.152 e. The van der Waals surface area contributed by atoms with Gasteiger partial charge in [-0.3, -0.25) is 14.4 Å². The number of halogens is 1. The van der Waals surface area contributed by atoms with Crippen molar-refractivity contribution in [3.63, 3.8) is 0 Å². The van der Waals surface area contributed by atoms with Crippen LogP contribution in [-0.2, 0) is 4.79 Å². The Balaban J connectivity index is 3.18. The largest absolute Gasteiger partial charge is 0.298 e. The van der Waals surface area contributed by atoms with Gasteiger partial charge in [-0.25, -0.2) is 0 Å². The van der Waals surface area contributed by atoms with E-state index in [1.165, 1.54) is 19.1 Å². The first-order chi connectivity index (χ1) is 7.10. The minimum atomic E-state index is -0.774. The molecule has 0 fully saturated rings. The van der Waals surface area contributed by atoms with Crippen LogP contribution in [0.25, 0.3) is 0 Å². The van der Waals surface area contributed by atoms with Crippen molar-refractivity contribution in [3.05, 3.63) is 34.9 Å². The molecule has 4 heteroatoms. The molecule has 0 bridgehead atoms. The zero-order valence-electron chi connectivity index (χ0n) is 8.07. The SMILES string of the molecule is CC(=O)C(Cl)c1ccc(C=O)c(C=O)c1. The number of alkyl halides is 1. The van der Waals surface area contributed by atoms with Gasteiger partial charge in [0.15, 0.2) is 18.4 Å². The fourth-order valence-electron chi connectivity index (χ4n) is 1.19. The summed E-state index contributed by atoms with van der Waals surface area (Å²) >= 11 is 5.81. The molecule has 0 aliphatic rings. The van der Waals surface area contributed by atoms with Crippen LogP contribution in [0, 0.1) is 0 Å². The highest BCUT2D eigenvalue weighted by Gasteiger charge is 2.14. The van der Waals surface area contributed by atoms with Crippen molar-refractivity contribution in [3.8, 4) is 0 Å². The predicted octanol–water partition coefficient (Wildman–Crippen LogP) is 2.18. The van der Waals surface area contributed by atoms with Crippen LogP contribution in [0.3, 0.4) is 0 Å². The second-order valence-electron chi connectivity index (χ2n) is 3.10. The lowest BCUT2D eigenvalue weighted by atomic mass is 10.0. The molecule has 0 aromatic heterocycles. The average Bonchev–Trinajstić information content (AvgIpc) is 2.26. The van der Waals surface area contributed by atoms with Gasteiger partial charge in [-0.15, -0.1) is 11.6 Å². The number of hydrogen-bond donors (Lipinski definition) is 0. The van der Waals surface area contributed by atoms with Crippen LogP contribution in [0.15, 0.2) is 18.2 Å². The molecule has 78 valence electrons. The van der Waals surface area contributed by atoms with Crippen LogP contribution in [-0.4, -0.2) is 18.4 Å². The van der Waals surface area contributed by atoms with Gasteiger partial charge in [-0.1, -0.05) is 12.1 Å². The second kappa shape index (κ2) is 4.84. The molecule has 3 nitrogen and oxygen atoms in total. The lowest BCUT2D eigenvalue weighted by Crippen LogP contribution is -2.03. The molecule has 1 atom stereocenters. The van der Waals surface area contributed by atoms with Gasteiger partial charge < -0.3 is 0 Å². The highest BCUT2D eigenvalue weighted by molar-refractivity contribution is 6.30. The number of ketones is 1. The number of benzene rings is 1. The third-order valence-electron chi connectivity index (χ3n) is 2.01. The molecule has 0 spiro atoms. The van der Waals surface area contributed by atoms with Gasteiger partial charge in [0.2, 0.25) is 0 Å². The van der Waals surface area contributed by atoms with E-state index in [-0.39, 0.29) is 11.3 Å². The monoisotopic (exact) mass is 224 g/mol. The molecule has 0 aliphatic carbocycles. The summed E-state index contributed by atoms with van der Waals surface area (Å²) in [6.07, 6.45) is 1.15. The van der Waals surface area contributed by atoms with Crippen LogP contribution in [0.1, 0.15) is 38.6 Å². The Labute approximate surface area is 92.0 Å². The van der Waals surface area contributed by atoms with Gasteiger partial charge in [-0.2, -0.15) is 0 Å². The summed E-state index contributed by atoms with van der Waals surface area (Å²) in [6, 6.07) is 4.50. The van der Waals surface area contributed by atoms with Gasteiger partial charge in [0.25, 0.3) is 0 Å². The van der Waals surface area contributed by atoms with E-state index in [0.717, 1.165) is 0 Å². The number of rotatable bonds is 4. The number of aldehydes is 2. The van der Waals surface area contributed by atoms with Gasteiger partial charge in [0, 0.05) is 11.1 Å². The number of hydrogen-bond acceptors (Lipinski definition) is 3. The smallest absolute Gasteiger partial charge is 0.152 e. The molecule has 0 amide bonds. The Hall–Kier alpha value is -1.48. The summed E-state index contributed by atoms with van der Waals surface area (Å²) in [7, 11) is 0. The third-order valence-corrected chi connectivity index (χ3v) is 2.57. The van der Waals surface area contributed by atoms with Crippen LogP contribution < -0.4 is 0 Å². The first kappa shape index (κ1) is 11.6. The Morgan fingerprint density at radius 3 is 2.33 bits per heavy atom. The van der Waals surface area contributed by atoms with Gasteiger partial charge in [0.05, 0.1) is 0 Å². The third kappa shape index (κ3) is 2.50. The number of carbonyl (C=O) groups is 3. The zero-order chi connectivity index (χ0) is 11.4. The van der Waals surface area contributed by atoms with Crippen molar-refractivity contribution < 1.29 is 14.4 Å². The Bertz CT molecular complexity index is 412. The lowest BCUT2D eigenvalue weighted by Gasteiger charge is -2.07. The molecule has 1 rings (SSSR count). The number of Topliss-reactive ketones (excluding diaryl/α,β-unsaturated/α-hetero) is 1. The van der Waals surface area contributed by atoms with E-state index in [0.29, 0.717) is 23.7 Å². The lowest BCUT2D eigenvalue weighted by molar-refractivity contribution is -0.116. The van der Waals surface area contributed by atoms with Crippen LogP contribution in [0.2, 0.25) is 0 Å². The quantitative estimate of drug-likeness (QED) is 0.582. The maximum absolute atomic E-state index is 11.0. The summed E-state index contributed by atoms with van der Waals surface area (Å²) in [6.45, 7) is 1.37. The Morgan fingerprint density at radius 2 is 1.87 bits per heavy atom. The molecule has 15 heavy (non-hydrogen) atoms. The molecule has 0 aliphatic heterocycles. The molecular weight excluding hydrogens is 216 g/mol. The minimum Gasteiger partial charge on any atom is -0.298 e. The van der Waals surface area contributed by atoms with E-state index in [1.807, 2.05) is 0 Å². The molecule has 0 heterocycles. The van der Waals surface area contributed by atoms with Gasteiger partial charge in [-0.05, 0) is 18.6 Å². The molecule has 0 N–H and O–H groups in total. The molecular formula is C11H9ClO3. The van der Waals surface area contributed by atoms with Crippen LogP contribution in [0.4, 0.5) is 0 Å². The minimum absolute atomic E-state index is 0.202. The van der Waals surface area contributed by atoms with Crippen molar-refractivity contribution >= 4 is 30.0 Å². The summed E-state index contributed by atoms with van der Waals surface area (Å²) in [4.78, 5) is 32.2. The topological polar surface area (TPSA) is 51.2 Å². The summed E-state index contributed by atoms with van der Waals surface area (Å²) < 4.78 is 0. The van der Waals surface area contributed by atoms with Crippen molar-refractivity contribution in [1.29, 1.82) is 0 Å². The van der Waals surface area contributed by atoms with Crippen molar-refractivity contribution in [2.24, 2.45) is 0 Å². The standard InChI is InChI=1S/C11H9ClO3/c1-7(15)11(12)8-2-3-9(5-13)10(4-8)6-14/h2-6,11H,1H3. The van der Waals surface area contributed by atoms with Crippen molar-refractivity contribution in [1.82, 2.24) is 0 Å². The average molecular weight is 225 g/mol. The van der Waals surface area contributed by atoms with Crippen LogP contribution in [0.5, 0.6) is 0 Å². The van der Waals surface area contributed by atoms with E-state index in [2.05, 4.69) is 0 Å². The normalized spacial score (nSPS) is 11.9.